The van der Waals surface area contributed by atoms with Gasteiger partial charge in [0.2, 0.25) is 0 Å². The smallest absolute Gasteiger partial charge is 0.345 e. The summed E-state index contributed by atoms with van der Waals surface area (Å²) in [4.78, 5) is 12.2. The molecule has 2 aromatic rings. The highest BCUT2D eigenvalue weighted by Crippen LogP contribution is 2.32. The van der Waals surface area contributed by atoms with E-state index in [9.17, 15) is 23.2 Å². The van der Waals surface area contributed by atoms with Crippen molar-refractivity contribution < 1.29 is 18.0 Å². The van der Waals surface area contributed by atoms with E-state index < -0.39 is 17.6 Å². The van der Waals surface area contributed by atoms with Crippen molar-refractivity contribution in [3.05, 3.63) is 76.9 Å². The third-order valence-electron chi connectivity index (χ3n) is 3.58. The maximum atomic E-state index is 13.0. The van der Waals surface area contributed by atoms with Gasteiger partial charge < -0.3 is 5.32 Å². The number of hydrogen-bond acceptors (Lipinski definition) is 2. The number of amides is 1. The van der Waals surface area contributed by atoms with E-state index in [0.717, 1.165) is 17.7 Å². The van der Waals surface area contributed by atoms with Crippen LogP contribution in [0.4, 0.5) is 13.2 Å². The molecule has 1 N–H and O–H groups in total. The Bertz CT molecular complexity index is 821. The summed E-state index contributed by atoms with van der Waals surface area (Å²) in [6.45, 7) is 1.73. The lowest BCUT2D eigenvalue weighted by Gasteiger charge is -2.14. The third-order valence-corrected chi connectivity index (χ3v) is 3.58. The zero-order valence-corrected chi connectivity index (χ0v) is 13.3. The highest BCUT2D eigenvalue weighted by atomic mass is 19.4. The molecule has 0 fully saturated rings. The minimum Gasteiger partial charge on any atom is -0.345 e. The molecule has 25 heavy (non-hydrogen) atoms. The SMILES string of the molecule is C[C@@H](NC(=O)/C(C#N)=C\c1ccccc1C(F)(F)F)c1ccccc1. The van der Waals surface area contributed by atoms with Crippen molar-refractivity contribution in [3.8, 4) is 6.07 Å². The van der Waals surface area contributed by atoms with Crippen molar-refractivity contribution in [1.29, 1.82) is 5.26 Å². The second-order valence-electron chi connectivity index (χ2n) is 5.36. The van der Waals surface area contributed by atoms with Crippen LogP contribution >= 0.6 is 0 Å². The molecule has 0 aliphatic heterocycles. The number of alkyl halides is 3. The summed E-state index contributed by atoms with van der Waals surface area (Å²) < 4.78 is 39.1. The predicted molar refractivity (Wildman–Crippen MR) is 88.0 cm³/mol. The van der Waals surface area contributed by atoms with Crippen LogP contribution in [0.5, 0.6) is 0 Å². The molecule has 0 bridgehead atoms. The van der Waals surface area contributed by atoms with Crippen molar-refractivity contribution in [2.24, 2.45) is 0 Å². The highest BCUT2D eigenvalue weighted by molar-refractivity contribution is 6.02. The molecule has 6 heteroatoms. The highest BCUT2D eigenvalue weighted by Gasteiger charge is 2.32. The fraction of sp³-hybridized carbons (Fsp3) is 0.158. The van der Waals surface area contributed by atoms with Crippen molar-refractivity contribution in [3.63, 3.8) is 0 Å². The van der Waals surface area contributed by atoms with Crippen LogP contribution in [-0.2, 0) is 11.0 Å². The number of carbonyl (C=O) groups excluding carboxylic acids is 1. The van der Waals surface area contributed by atoms with Crippen LogP contribution in [0.15, 0.2) is 60.2 Å². The summed E-state index contributed by atoms with van der Waals surface area (Å²) in [5.74, 6) is -0.726. The minimum absolute atomic E-state index is 0.228. The number of hydrogen-bond donors (Lipinski definition) is 1. The van der Waals surface area contributed by atoms with Crippen LogP contribution in [0.3, 0.4) is 0 Å². The Labute approximate surface area is 143 Å². The third kappa shape index (κ3) is 4.70. The lowest BCUT2D eigenvalue weighted by molar-refractivity contribution is -0.137. The quantitative estimate of drug-likeness (QED) is 0.656. The normalized spacial score (nSPS) is 13.0. The molecule has 0 unspecified atom stereocenters. The zero-order valence-electron chi connectivity index (χ0n) is 13.3. The fourth-order valence-corrected chi connectivity index (χ4v) is 2.28. The van der Waals surface area contributed by atoms with E-state index >= 15 is 0 Å². The molecule has 0 heterocycles. The van der Waals surface area contributed by atoms with Crippen molar-refractivity contribution in [1.82, 2.24) is 5.32 Å². The Kier molecular flexibility index (Phi) is 5.60. The van der Waals surface area contributed by atoms with Gasteiger partial charge in [-0.25, -0.2) is 0 Å². The van der Waals surface area contributed by atoms with Gasteiger partial charge in [-0.3, -0.25) is 4.79 Å². The van der Waals surface area contributed by atoms with Gasteiger partial charge in [-0.1, -0.05) is 48.5 Å². The van der Waals surface area contributed by atoms with E-state index in [2.05, 4.69) is 5.32 Å². The first-order chi connectivity index (χ1) is 11.8. The number of carbonyl (C=O) groups is 1. The van der Waals surface area contributed by atoms with Gasteiger partial charge in [0, 0.05) is 0 Å². The van der Waals surface area contributed by atoms with Gasteiger partial charge >= 0.3 is 6.18 Å². The number of nitrogens with one attached hydrogen (secondary N) is 1. The Morgan fingerprint density at radius 1 is 1.12 bits per heavy atom. The Morgan fingerprint density at radius 2 is 1.72 bits per heavy atom. The van der Waals surface area contributed by atoms with Crippen LogP contribution in [0.2, 0.25) is 0 Å². The molecule has 3 nitrogen and oxygen atoms in total. The van der Waals surface area contributed by atoms with Gasteiger partial charge in [0.25, 0.3) is 5.91 Å². The Morgan fingerprint density at radius 3 is 2.32 bits per heavy atom. The molecule has 0 aliphatic carbocycles. The van der Waals surface area contributed by atoms with Crippen LogP contribution in [0.25, 0.3) is 6.08 Å². The monoisotopic (exact) mass is 344 g/mol. The first kappa shape index (κ1) is 18.3. The summed E-state index contributed by atoms with van der Waals surface area (Å²) in [6, 6.07) is 15.1. The number of nitriles is 1. The molecular formula is C19H15F3N2O. The number of benzene rings is 2. The average molecular weight is 344 g/mol. The van der Waals surface area contributed by atoms with E-state index in [1.165, 1.54) is 18.2 Å². The lowest BCUT2D eigenvalue weighted by Crippen LogP contribution is -2.27. The number of halogens is 3. The van der Waals surface area contributed by atoms with Gasteiger partial charge in [-0.15, -0.1) is 0 Å². The fourth-order valence-electron chi connectivity index (χ4n) is 2.28. The Balaban J connectivity index is 2.27. The maximum absolute atomic E-state index is 13.0. The molecule has 0 saturated heterocycles. The van der Waals surface area contributed by atoms with Crippen LogP contribution in [-0.4, -0.2) is 5.91 Å². The van der Waals surface area contributed by atoms with E-state index in [-0.39, 0.29) is 17.2 Å². The van der Waals surface area contributed by atoms with Gasteiger partial charge in [0.05, 0.1) is 11.6 Å². The van der Waals surface area contributed by atoms with E-state index in [4.69, 9.17) is 0 Å². The average Bonchev–Trinajstić information content (AvgIpc) is 2.59. The Hall–Kier alpha value is -3.07. The lowest BCUT2D eigenvalue weighted by atomic mass is 10.0. The van der Waals surface area contributed by atoms with Gasteiger partial charge in [-0.05, 0) is 30.2 Å². The molecule has 0 aromatic heterocycles. The molecular weight excluding hydrogens is 329 g/mol. The van der Waals surface area contributed by atoms with Crippen molar-refractivity contribution in [2.75, 3.05) is 0 Å². The molecule has 1 amide bonds. The van der Waals surface area contributed by atoms with Crippen LogP contribution in [0.1, 0.15) is 29.7 Å². The molecule has 0 aliphatic rings. The number of rotatable bonds is 4. The van der Waals surface area contributed by atoms with Crippen LogP contribution < -0.4 is 5.32 Å². The second-order valence-corrected chi connectivity index (χ2v) is 5.36. The molecule has 128 valence electrons. The van der Waals surface area contributed by atoms with E-state index in [0.29, 0.717) is 0 Å². The molecule has 2 rings (SSSR count). The summed E-state index contributed by atoms with van der Waals surface area (Å²) in [5, 5.41) is 11.8. The molecule has 2 aromatic carbocycles. The summed E-state index contributed by atoms with van der Waals surface area (Å²) >= 11 is 0. The van der Waals surface area contributed by atoms with Crippen molar-refractivity contribution in [2.45, 2.75) is 19.1 Å². The predicted octanol–water partition coefficient (Wildman–Crippen LogP) is 4.49. The van der Waals surface area contributed by atoms with Crippen LogP contribution in [0, 0.1) is 11.3 Å². The first-order valence-electron chi connectivity index (χ1n) is 7.46. The summed E-state index contributed by atoms with van der Waals surface area (Å²) in [7, 11) is 0. The standard InChI is InChI=1S/C19H15F3N2O/c1-13(14-7-3-2-4-8-14)24-18(25)16(12-23)11-15-9-5-6-10-17(15)19(20,21)22/h2-11,13H,1H3,(H,24,25)/b16-11-/t13-/m1/s1. The number of nitrogens with zero attached hydrogens (tertiary/aromatic N) is 1. The van der Waals surface area contributed by atoms with E-state index in [1.54, 1.807) is 37.3 Å². The first-order valence-corrected chi connectivity index (χ1v) is 7.46. The molecule has 0 spiro atoms. The maximum Gasteiger partial charge on any atom is 0.416 e. The zero-order chi connectivity index (χ0) is 18.4. The molecule has 0 radical (unpaired) electrons. The van der Waals surface area contributed by atoms with Gasteiger partial charge in [0.1, 0.15) is 11.6 Å². The van der Waals surface area contributed by atoms with E-state index in [1.807, 2.05) is 6.07 Å². The van der Waals surface area contributed by atoms with Gasteiger partial charge in [0.15, 0.2) is 0 Å². The molecule has 0 saturated carbocycles. The van der Waals surface area contributed by atoms with Crippen molar-refractivity contribution >= 4 is 12.0 Å². The minimum atomic E-state index is -4.57. The second kappa shape index (κ2) is 7.67. The molecule has 1 atom stereocenters. The summed E-state index contributed by atoms with van der Waals surface area (Å²) in [6.07, 6.45) is -3.61. The largest absolute Gasteiger partial charge is 0.416 e. The van der Waals surface area contributed by atoms with Gasteiger partial charge in [-0.2, -0.15) is 18.4 Å². The topological polar surface area (TPSA) is 52.9 Å². The summed E-state index contributed by atoms with van der Waals surface area (Å²) in [5.41, 5.74) is -0.691.